The number of amides is 1. The maximum atomic E-state index is 11.1. The fourth-order valence-electron chi connectivity index (χ4n) is 3.46. The van der Waals surface area contributed by atoms with Crippen LogP contribution < -0.4 is 11.5 Å². The number of nitrogens with zero attached hydrogens (tertiary/aromatic N) is 4. The Hall–Kier alpha value is -2.30. The molecule has 2 aliphatic rings. The Morgan fingerprint density at radius 3 is 2.80 bits per heavy atom. The number of carbonyl (C=O) groups is 1. The van der Waals surface area contributed by atoms with Gasteiger partial charge >= 0.3 is 0 Å². The highest BCUT2D eigenvalue weighted by Gasteiger charge is 2.55. The SMILES string of the molecule is CC1(C)O[C@@H]2[C@H](O1)[C@@H](CCC(N)=O)O[C@H]2n1cnc2c(N)ncnc21. The van der Waals surface area contributed by atoms with Crippen LogP contribution in [-0.4, -0.2) is 49.5 Å². The topological polar surface area (TPSA) is 140 Å². The van der Waals surface area contributed by atoms with Crippen LogP contribution >= 0.6 is 0 Å². The zero-order valence-corrected chi connectivity index (χ0v) is 14.0. The molecule has 10 nitrogen and oxygen atoms in total. The predicted molar refractivity (Wildman–Crippen MR) is 85.9 cm³/mol. The molecule has 2 fully saturated rings. The van der Waals surface area contributed by atoms with E-state index in [9.17, 15) is 4.79 Å². The lowest BCUT2D eigenvalue weighted by Crippen LogP contribution is -2.30. The van der Waals surface area contributed by atoms with Gasteiger partial charge < -0.3 is 25.7 Å². The van der Waals surface area contributed by atoms with Crippen molar-refractivity contribution in [3.63, 3.8) is 0 Å². The van der Waals surface area contributed by atoms with Gasteiger partial charge in [-0.25, -0.2) is 15.0 Å². The van der Waals surface area contributed by atoms with Gasteiger partial charge in [0.15, 0.2) is 23.5 Å². The van der Waals surface area contributed by atoms with Crippen LogP contribution in [0.25, 0.3) is 11.2 Å². The van der Waals surface area contributed by atoms with Crippen molar-refractivity contribution in [1.82, 2.24) is 19.5 Å². The van der Waals surface area contributed by atoms with E-state index >= 15 is 0 Å². The number of rotatable bonds is 4. The molecular weight excluding hydrogens is 328 g/mol. The van der Waals surface area contributed by atoms with Crippen LogP contribution in [0.15, 0.2) is 12.7 Å². The van der Waals surface area contributed by atoms with E-state index in [2.05, 4.69) is 15.0 Å². The van der Waals surface area contributed by atoms with Crippen LogP contribution in [0.4, 0.5) is 5.82 Å². The average molecular weight is 348 g/mol. The second-order valence-electron chi connectivity index (χ2n) is 6.72. The summed E-state index contributed by atoms with van der Waals surface area (Å²) in [7, 11) is 0. The monoisotopic (exact) mass is 348 g/mol. The number of nitrogens with two attached hydrogens (primary N) is 2. The van der Waals surface area contributed by atoms with Crippen molar-refractivity contribution >= 4 is 22.9 Å². The number of primary amides is 1. The number of nitrogen functional groups attached to an aromatic ring is 1. The zero-order chi connectivity index (χ0) is 17.8. The van der Waals surface area contributed by atoms with Gasteiger partial charge in [-0.05, 0) is 20.3 Å². The minimum Gasteiger partial charge on any atom is -0.382 e. The molecule has 4 N–H and O–H groups in total. The summed E-state index contributed by atoms with van der Waals surface area (Å²) in [6.07, 6.45) is 2.16. The van der Waals surface area contributed by atoms with Gasteiger partial charge in [0.05, 0.1) is 12.4 Å². The molecular formula is C15H20N6O4. The molecule has 2 saturated heterocycles. The number of carbonyl (C=O) groups excluding carboxylic acids is 1. The Bertz CT molecular complexity index is 821. The Balaban J connectivity index is 1.68. The van der Waals surface area contributed by atoms with Crippen LogP contribution in [0.5, 0.6) is 0 Å². The molecule has 0 radical (unpaired) electrons. The minimum atomic E-state index is -0.743. The maximum Gasteiger partial charge on any atom is 0.217 e. The third kappa shape index (κ3) is 2.71. The van der Waals surface area contributed by atoms with E-state index in [1.54, 1.807) is 10.9 Å². The number of aromatic nitrogens is 4. The second kappa shape index (κ2) is 5.61. The third-order valence-corrected chi connectivity index (χ3v) is 4.46. The van der Waals surface area contributed by atoms with Crippen molar-refractivity contribution in [1.29, 1.82) is 0 Å². The van der Waals surface area contributed by atoms with Gasteiger partial charge in [0, 0.05) is 6.42 Å². The van der Waals surface area contributed by atoms with E-state index in [0.717, 1.165) is 0 Å². The van der Waals surface area contributed by atoms with Gasteiger partial charge in [-0.1, -0.05) is 0 Å². The van der Waals surface area contributed by atoms with Gasteiger partial charge in [-0.3, -0.25) is 9.36 Å². The Labute approximate surface area is 143 Å². The molecule has 25 heavy (non-hydrogen) atoms. The first-order chi connectivity index (χ1) is 11.9. The quantitative estimate of drug-likeness (QED) is 0.792. The highest BCUT2D eigenvalue weighted by Crippen LogP contribution is 2.44. The molecule has 0 unspecified atom stereocenters. The standard InChI is InChI=1S/C15H20N6O4/c1-15(2)24-10-7(3-4-8(16)22)23-14(11(10)25-15)21-6-20-9-12(17)18-5-19-13(9)21/h5-7,10-11,14H,3-4H2,1-2H3,(H2,16,22)(H2,17,18,19)/t7-,10-,11-,14-/m1/s1. The molecule has 0 aliphatic carbocycles. The second-order valence-corrected chi connectivity index (χ2v) is 6.72. The summed E-state index contributed by atoms with van der Waals surface area (Å²) < 4.78 is 19.9. The van der Waals surface area contributed by atoms with E-state index in [-0.39, 0.29) is 30.6 Å². The van der Waals surface area contributed by atoms with Crippen LogP contribution in [0.2, 0.25) is 0 Å². The lowest BCUT2D eigenvalue weighted by atomic mass is 10.1. The summed E-state index contributed by atoms with van der Waals surface area (Å²) in [6.45, 7) is 3.69. The molecule has 2 aromatic heterocycles. The minimum absolute atomic E-state index is 0.212. The molecule has 10 heteroatoms. The van der Waals surface area contributed by atoms with Crippen molar-refractivity contribution in [2.75, 3.05) is 5.73 Å². The van der Waals surface area contributed by atoms with Crippen molar-refractivity contribution < 1.29 is 19.0 Å². The molecule has 0 aromatic carbocycles. The number of anilines is 1. The smallest absolute Gasteiger partial charge is 0.217 e. The highest BCUT2D eigenvalue weighted by atomic mass is 16.8. The summed E-state index contributed by atoms with van der Waals surface area (Å²) in [6, 6.07) is 0. The Morgan fingerprint density at radius 2 is 2.04 bits per heavy atom. The summed E-state index contributed by atoms with van der Waals surface area (Å²) in [5.74, 6) is -0.824. The van der Waals surface area contributed by atoms with Crippen molar-refractivity contribution in [2.24, 2.45) is 5.73 Å². The number of imidazole rings is 1. The zero-order valence-electron chi connectivity index (χ0n) is 14.0. The molecule has 0 spiro atoms. The third-order valence-electron chi connectivity index (χ3n) is 4.46. The first kappa shape index (κ1) is 16.2. The normalized spacial score (nSPS) is 30.6. The molecule has 2 aliphatic heterocycles. The van der Waals surface area contributed by atoms with E-state index in [4.69, 9.17) is 25.7 Å². The largest absolute Gasteiger partial charge is 0.382 e. The van der Waals surface area contributed by atoms with E-state index in [1.807, 2.05) is 13.8 Å². The van der Waals surface area contributed by atoms with E-state index < -0.39 is 12.0 Å². The molecule has 4 heterocycles. The summed E-state index contributed by atoms with van der Waals surface area (Å²) in [5, 5.41) is 0. The first-order valence-electron chi connectivity index (χ1n) is 8.08. The summed E-state index contributed by atoms with van der Waals surface area (Å²) in [5.41, 5.74) is 12.2. The first-order valence-corrected chi connectivity index (χ1v) is 8.08. The molecule has 4 atom stereocenters. The fraction of sp³-hybridized carbons (Fsp3) is 0.600. The number of fused-ring (bicyclic) bond motifs is 2. The molecule has 1 amide bonds. The van der Waals surface area contributed by atoms with Crippen molar-refractivity contribution in [3.05, 3.63) is 12.7 Å². The van der Waals surface area contributed by atoms with Crippen LogP contribution in [-0.2, 0) is 19.0 Å². The van der Waals surface area contributed by atoms with Crippen molar-refractivity contribution in [2.45, 2.75) is 57.0 Å². The summed E-state index contributed by atoms with van der Waals surface area (Å²) >= 11 is 0. The Morgan fingerprint density at radius 1 is 1.28 bits per heavy atom. The average Bonchev–Trinajstić information content (AvgIpc) is 3.17. The number of hydrogen-bond donors (Lipinski definition) is 2. The van der Waals surface area contributed by atoms with Crippen LogP contribution in [0, 0.1) is 0 Å². The lowest BCUT2D eigenvalue weighted by molar-refractivity contribution is -0.197. The number of ether oxygens (including phenoxy) is 3. The van der Waals surface area contributed by atoms with Gasteiger partial charge in [0.2, 0.25) is 5.91 Å². The van der Waals surface area contributed by atoms with Gasteiger partial charge in [0.25, 0.3) is 0 Å². The van der Waals surface area contributed by atoms with Crippen LogP contribution in [0.1, 0.15) is 32.9 Å². The van der Waals surface area contributed by atoms with Gasteiger partial charge in [-0.2, -0.15) is 0 Å². The van der Waals surface area contributed by atoms with Gasteiger partial charge in [-0.15, -0.1) is 0 Å². The predicted octanol–water partition coefficient (Wildman–Crippen LogP) is 0.0915. The number of hydrogen-bond acceptors (Lipinski definition) is 8. The lowest BCUT2D eigenvalue weighted by Gasteiger charge is -2.24. The molecule has 0 saturated carbocycles. The molecule has 2 aromatic rings. The van der Waals surface area contributed by atoms with Gasteiger partial charge in [0.1, 0.15) is 24.1 Å². The van der Waals surface area contributed by atoms with Crippen molar-refractivity contribution in [3.8, 4) is 0 Å². The molecule has 0 bridgehead atoms. The molecule has 4 rings (SSSR count). The maximum absolute atomic E-state index is 11.1. The van der Waals surface area contributed by atoms with E-state index in [1.165, 1.54) is 6.33 Å². The Kier molecular flexibility index (Phi) is 3.63. The molecule has 134 valence electrons. The van der Waals surface area contributed by atoms with E-state index in [0.29, 0.717) is 23.4 Å². The van der Waals surface area contributed by atoms with Crippen LogP contribution in [0.3, 0.4) is 0 Å². The summed E-state index contributed by atoms with van der Waals surface area (Å²) in [4.78, 5) is 23.6. The highest BCUT2D eigenvalue weighted by molar-refractivity contribution is 5.81. The fourth-order valence-corrected chi connectivity index (χ4v) is 3.46.